The Morgan fingerprint density at radius 3 is 2.32 bits per heavy atom. The van der Waals surface area contributed by atoms with Crippen LogP contribution >= 0.6 is 15.9 Å². The number of benzene rings is 1. The summed E-state index contributed by atoms with van der Waals surface area (Å²) in [6, 6.07) is 3.38. The van der Waals surface area contributed by atoms with Crippen LogP contribution in [0.5, 0.6) is 0 Å². The van der Waals surface area contributed by atoms with E-state index in [1.807, 2.05) is 4.57 Å². The Kier molecular flexibility index (Phi) is 4.29. The highest BCUT2D eigenvalue weighted by Gasteiger charge is 2.15. The third-order valence-corrected chi connectivity index (χ3v) is 3.12. The van der Waals surface area contributed by atoms with Gasteiger partial charge in [-0.3, -0.25) is 0 Å². The molecule has 0 radical (unpaired) electrons. The van der Waals surface area contributed by atoms with Crippen LogP contribution in [-0.4, -0.2) is 14.8 Å². The van der Waals surface area contributed by atoms with Crippen LogP contribution < -0.4 is 0 Å². The van der Waals surface area contributed by atoms with E-state index in [0.29, 0.717) is 29.2 Å². The van der Waals surface area contributed by atoms with Crippen LogP contribution in [0.4, 0.5) is 8.78 Å². The molecule has 0 amide bonds. The maximum Gasteiger partial charge on any atom is 0.164 e. The number of hydrogen-bond donors (Lipinski definition) is 0. The van der Waals surface area contributed by atoms with E-state index < -0.39 is 11.6 Å². The van der Waals surface area contributed by atoms with Crippen molar-refractivity contribution in [3.8, 4) is 11.4 Å². The van der Waals surface area contributed by atoms with Crippen LogP contribution in [0, 0.1) is 17.6 Å². The zero-order valence-corrected chi connectivity index (χ0v) is 12.3. The molecule has 0 saturated carbocycles. The van der Waals surface area contributed by atoms with Crippen LogP contribution in [0.25, 0.3) is 11.4 Å². The monoisotopic (exact) mass is 329 g/mol. The molecule has 0 fully saturated rings. The van der Waals surface area contributed by atoms with Crippen molar-refractivity contribution in [2.45, 2.75) is 25.7 Å². The minimum Gasteiger partial charge on any atom is -0.310 e. The summed E-state index contributed by atoms with van der Waals surface area (Å²) in [6.07, 6.45) is 0. The molecule has 102 valence electrons. The zero-order valence-electron chi connectivity index (χ0n) is 10.7. The van der Waals surface area contributed by atoms with Crippen molar-refractivity contribution in [1.29, 1.82) is 0 Å². The van der Waals surface area contributed by atoms with Crippen LogP contribution in [0.15, 0.2) is 18.2 Å². The quantitative estimate of drug-likeness (QED) is 0.799. The number of aromatic nitrogens is 3. The van der Waals surface area contributed by atoms with E-state index in [2.05, 4.69) is 40.0 Å². The zero-order chi connectivity index (χ0) is 14.0. The molecular weight excluding hydrogens is 316 g/mol. The second-order valence-electron chi connectivity index (χ2n) is 4.74. The van der Waals surface area contributed by atoms with E-state index >= 15 is 0 Å². The fourth-order valence-corrected chi connectivity index (χ4v) is 2.30. The normalized spacial score (nSPS) is 11.3. The van der Waals surface area contributed by atoms with Gasteiger partial charge in [0.15, 0.2) is 5.82 Å². The van der Waals surface area contributed by atoms with E-state index in [4.69, 9.17) is 0 Å². The summed E-state index contributed by atoms with van der Waals surface area (Å²) < 4.78 is 28.5. The van der Waals surface area contributed by atoms with Gasteiger partial charge in [-0.25, -0.2) is 8.78 Å². The summed E-state index contributed by atoms with van der Waals surface area (Å²) in [5, 5.41) is 8.63. The largest absolute Gasteiger partial charge is 0.310 e. The number of rotatable bonds is 4. The van der Waals surface area contributed by atoms with Gasteiger partial charge in [-0.05, 0) is 18.1 Å². The third-order valence-electron chi connectivity index (χ3n) is 2.62. The van der Waals surface area contributed by atoms with Gasteiger partial charge < -0.3 is 4.57 Å². The topological polar surface area (TPSA) is 30.7 Å². The van der Waals surface area contributed by atoms with Gasteiger partial charge in [0.05, 0.1) is 5.33 Å². The molecule has 2 rings (SSSR count). The van der Waals surface area contributed by atoms with Crippen molar-refractivity contribution in [2.24, 2.45) is 5.92 Å². The first-order valence-electron chi connectivity index (χ1n) is 5.95. The number of alkyl halides is 1. The van der Waals surface area contributed by atoms with Crippen molar-refractivity contribution >= 4 is 15.9 Å². The van der Waals surface area contributed by atoms with Crippen molar-refractivity contribution in [3.63, 3.8) is 0 Å². The van der Waals surface area contributed by atoms with Gasteiger partial charge in [0.2, 0.25) is 0 Å². The van der Waals surface area contributed by atoms with Crippen LogP contribution in [0.3, 0.4) is 0 Å². The number of hydrogen-bond acceptors (Lipinski definition) is 2. The second kappa shape index (κ2) is 5.77. The standard InChI is InChI=1S/C13H14BrF2N3/c1-8(2)7-19-12(6-14)17-18-13(19)9-3-10(15)5-11(16)4-9/h3-5,8H,6-7H2,1-2H3. The fourth-order valence-electron chi connectivity index (χ4n) is 1.89. The molecule has 0 aliphatic heterocycles. The van der Waals surface area contributed by atoms with E-state index in [-0.39, 0.29) is 0 Å². The Labute approximate surface area is 118 Å². The van der Waals surface area contributed by atoms with Crippen LogP contribution in [0.2, 0.25) is 0 Å². The van der Waals surface area contributed by atoms with Gasteiger partial charge >= 0.3 is 0 Å². The predicted molar refractivity (Wildman–Crippen MR) is 72.8 cm³/mol. The lowest BCUT2D eigenvalue weighted by Gasteiger charge is -2.12. The van der Waals surface area contributed by atoms with Crippen molar-refractivity contribution < 1.29 is 8.78 Å². The summed E-state index contributed by atoms with van der Waals surface area (Å²) in [5.41, 5.74) is 0.401. The average molecular weight is 330 g/mol. The highest BCUT2D eigenvalue weighted by atomic mass is 79.9. The van der Waals surface area contributed by atoms with Gasteiger partial charge in [0.25, 0.3) is 0 Å². The molecular formula is C13H14BrF2N3. The molecule has 0 aliphatic rings. The van der Waals surface area contributed by atoms with E-state index in [1.54, 1.807) is 0 Å². The van der Waals surface area contributed by atoms with E-state index in [0.717, 1.165) is 11.9 Å². The summed E-state index contributed by atoms with van der Waals surface area (Å²) in [6.45, 7) is 4.82. The molecule has 0 aliphatic carbocycles. The highest BCUT2D eigenvalue weighted by molar-refractivity contribution is 9.08. The Morgan fingerprint density at radius 2 is 1.79 bits per heavy atom. The molecule has 0 atom stereocenters. The lowest BCUT2D eigenvalue weighted by atomic mass is 10.1. The molecule has 6 heteroatoms. The predicted octanol–water partition coefficient (Wildman–Crippen LogP) is 3.77. The van der Waals surface area contributed by atoms with Crippen molar-refractivity contribution in [1.82, 2.24) is 14.8 Å². The Morgan fingerprint density at radius 1 is 1.16 bits per heavy atom. The molecule has 1 aromatic carbocycles. The van der Waals surface area contributed by atoms with Crippen LogP contribution in [0.1, 0.15) is 19.7 Å². The molecule has 0 N–H and O–H groups in total. The molecule has 2 aromatic rings. The molecule has 0 bridgehead atoms. The molecule has 3 nitrogen and oxygen atoms in total. The average Bonchev–Trinajstić information content (AvgIpc) is 2.69. The first kappa shape index (κ1) is 14.1. The Balaban J connectivity index is 2.51. The first-order valence-corrected chi connectivity index (χ1v) is 7.08. The van der Waals surface area contributed by atoms with Gasteiger partial charge in [-0.2, -0.15) is 0 Å². The number of nitrogens with zero attached hydrogens (tertiary/aromatic N) is 3. The molecule has 0 unspecified atom stereocenters. The minimum atomic E-state index is -0.616. The van der Waals surface area contributed by atoms with Gasteiger partial charge in [0.1, 0.15) is 17.5 Å². The third kappa shape index (κ3) is 3.18. The highest BCUT2D eigenvalue weighted by Crippen LogP contribution is 2.22. The van der Waals surface area contributed by atoms with E-state index in [9.17, 15) is 8.78 Å². The second-order valence-corrected chi connectivity index (χ2v) is 5.30. The molecule has 1 aromatic heterocycles. The van der Waals surface area contributed by atoms with E-state index in [1.165, 1.54) is 12.1 Å². The SMILES string of the molecule is CC(C)Cn1c(CBr)nnc1-c1cc(F)cc(F)c1. The summed E-state index contributed by atoms with van der Waals surface area (Å²) in [4.78, 5) is 0. The van der Waals surface area contributed by atoms with Crippen LogP contribution in [-0.2, 0) is 11.9 Å². The first-order chi connectivity index (χ1) is 9.01. The van der Waals surface area contributed by atoms with Gasteiger partial charge in [-0.15, -0.1) is 10.2 Å². The molecule has 0 spiro atoms. The van der Waals surface area contributed by atoms with Crippen molar-refractivity contribution in [3.05, 3.63) is 35.7 Å². The fraction of sp³-hybridized carbons (Fsp3) is 0.385. The maximum atomic E-state index is 13.3. The Bertz CT molecular complexity index is 561. The minimum absolute atomic E-state index is 0.381. The summed E-state index contributed by atoms with van der Waals surface area (Å²) in [7, 11) is 0. The summed E-state index contributed by atoms with van der Waals surface area (Å²) in [5.74, 6) is 0.379. The Hall–Kier alpha value is -1.30. The number of halogens is 3. The van der Waals surface area contributed by atoms with Gasteiger partial charge in [-0.1, -0.05) is 29.8 Å². The molecule has 1 heterocycles. The maximum absolute atomic E-state index is 13.3. The van der Waals surface area contributed by atoms with Crippen molar-refractivity contribution in [2.75, 3.05) is 0 Å². The smallest absolute Gasteiger partial charge is 0.164 e. The lowest BCUT2D eigenvalue weighted by molar-refractivity contribution is 0.515. The lowest BCUT2D eigenvalue weighted by Crippen LogP contribution is -2.09. The molecule has 0 saturated heterocycles. The molecule has 19 heavy (non-hydrogen) atoms. The summed E-state index contributed by atoms with van der Waals surface area (Å²) >= 11 is 3.34. The van der Waals surface area contributed by atoms with Gasteiger partial charge in [0, 0.05) is 18.2 Å².